The summed E-state index contributed by atoms with van der Waals surface area (Å²) < 4.78 is 38.5. The SMILES string of the molecule is Cc1c(Cl)c(C(=O)O)nn1-c1ccc(C(F)(F)F)cc1. The molecule has 2 rings (SSSR count). The van der Waals surface area contributed by atoms with E-state index in [9.17, 15) is 18.0 Å². The highest BCUT2D eigenvalue weighted by atomic mass is 35.5. The predicted molar refractivity (Wildman–Crippen MR) is 65.3 cm³/mol. The van der Waals surface area contributed by atoms with Gasteiger partial charge in [-0.2, -0.15) is 18.3 Å². The molecule has 4 nitrogen and oxygen atoms in total. The maximum atomic E-state index is 12.5. The minimum Gasteiger partial charge on any atom is -0.476 e. The minimum atomic E-state index is -4.43. The van der Waals surface area contributed by atoms with Crippen LogP contribution in [0.3, 0.4) is 0 Å². The Labute approximate surface area is 116 Å². The molecule has 0 radical (unpaired) electrons. The summed E-state index contributed by atoms with van der Waals surface area (Å²) in [5.41, 5.74) is -0.506. The maximum absolute atomic E-state index is 12.5. The highest BCUT2D eigenvalue weighted by Crippen LogP contribution is 2.30. The topological polar surface area (TPSA) is 55.1 Å². The van der Waals surface area contributed by atoms with Gasteiger partial charge in [0.25, 0.3) is 0 Å². The standard InChI is InChI=1S/C12H8ClF3N2O2/c1-6-9(13)10(11(19)20)17-18(6)8-4-2-7(3-5-8)12(14,15)16/h2-5H,1H3,(H,19,20). The number of alkyl halides is 3. The van der Waals surface area contributed by atoms with Crippen molar-refractivity contribution in [3.63, 3.8) is 0 Å². The number of carbonyl (C=O) groups is 1. The molecule has 0 aliphatic rings. The fraction of sp³-hybridized carbons (Fsp3) is 0.167. The molecule has 1 aromatic heterocycles. The summed E-state index contributed by atoms with van der Waals surface area (Å²) in [5.74, 6) is -1.30. The molecular formula is C12H8ClF3N2O2. The van der Waals surface area contributed by atoms with E-state index in [2.05, 4.69) is 5.10 Å². The van der Waals surface area contributed by atoms with Crippen LogP contribution >= 0.6 is 11.6 Å². The molecule has 1 N–H and O–H groups in total. The van der Waals surface area contributed by atoms with Crippen molar-refractivity contribution < 1.29 is 23.1 Å². The van der Waals surface area contributed by atoms with Crippen LogP contribution in [0.25, 0.3) is 5.69 Å². The molecule has 0 aliphatic carbocycles. The van der Waals surface area contributed by atoms with Gasteiger partial charge in [0.1, 0.15) is 0 Å². The number of nitrogens with zero attached hydrogens (tertiary/aromatic N) is 2. The zero-order chi connectivity index (χ0) is 15.1. The second kappa shape index (κ2) is 4.82. The van der Waals surface area contributed by atoms with Crippen LogP contribution in [0.2, 0.25) is 5.02 Å². The average molecular weight is 305 g/mol. The number of aromatic carboxylic acids is 1. The summed E-state index contributed by atoms with van der Waals surface area (Å²) in [5, 5.41) is 12.6. The summed E-state index contributed by atoms with van der Waals surface area (Å²) in [4.78, 5) is 10.9. The third-order valence-corrected chi connectivity index (χ3v) is 3.14. The average Bonchev–Trinajstić information content (AvgIpc) is 2.66. The quantitative estimate of drug-likeness (QED) is 0.923. The summed E-state index contributed by atoms with van der Waals surface area (Å²) in [6.07, 6.45) is -4.43. The monoisotopic (exact) mass is 304 g/mol. The molecule has 0 unspecified atom stereocenters. The van der Waals surface area contributed by atoms with Crippen LogP contribution in [0.1, 0.15) is 21.7 Å². The number of benzene rings is 1. The lowest BCUT2D eigenvalue weighted by atomic mass is 10.2. The number of hydrogen-bond donors (Lipinski definition) is 1. The molecule has 1 aromatic carbocycles. The summed E-state index contributed by atoms with van der Waals surface area (Å²) in [6.45, 7) is 1.53. The van der Waals surface area contributed by atoms with E-state index in [4.69, 9.17) is 16.7 Å². The Bertz CT molecular complexity index is 663. The second-order valence-electron chi connectivity index (χ2n) is 4.01. The van der Waals surface area contributed by atoms with Crippen molar-refractivity contribution >= 4 is 17.6 Å². The summed E-state index contributed by atoms with van der Waals surface area (Å²) in [6, 6.07) is 4.19. The smallest absolute Gasteiger partial charge is 0.416 e. The number of aromatic nitrogens is 2. The molecule has 1 heterocycles. The van der Waals surface area contributed by atoms with Crippen LogP contribution in [0.4, 0.5) is 13.2 Å². The molecule has 0 spiro atoms. The Morgan fingerprint density at radius 3 is 2.25 bits per heavy atom. The van der Waals surface area contributed by atoms with Gasteiger partial charge in [-0.15, -0.1) is 0 Å². The van der Waals surface area contributed by atoms with Gasteiger partial charge in [-0.25, -0.2) is 9.48 Å². The van der Waals surface area contributed by atoms with Gasteiger partial charge in [-0.05, 0) is 31.2 Å². The molecule has 0 saturated carbocycles. The van der Waals surface area contributed by atoms with Crippen LogP contribution in [0.15, 0.2) is 24.3 Å². The van der Waals surface area contributed by atoms with Crippen molar-refractivity contribution in [1.82, 2.24) is 9.78 Å². The van der Waals surface area contributed by atoms with Gasteiger partial charge in [0, 0.05) is 0 Å². The van der Waals surface area contributed by atoms with Crippen molar-refractivity contribution in [2.45, 2.75) is 13.1 Å². The van der Waals surface area contributed by atoms with Gasteiger partial charge in [0.05, 0.1) is 22.0 Å². The Morgan fingerprint density at radius 1 is 1.30 bits per heavy atom. The highest BCUT2D eigenvalue weighted by Gasteiger charge is 2.30. The first-order valence-corrected chi connectivity index (χ1v) is 5.75. The number of carboxylic acid groups (broad SMARTS) is 1. The van der Waals surface area contributed by atoms with E-state index < -0.39 is 17.7 Å². The van der Waals surface area contributed by atoms with E-state index >= 15 is 0 Å². The fourth-order valence-electron chi connectivity index (χ4n) is 1.66. The van der Waals surface area contributed by atoms with Gasteiger partial charge in [0.2, 0.25) is 0 Å². The van der Waals surface area contributed by atoms with Crippen molar-refractivity contribution in [3.05, 3.63) is 46.2 Å². The summed E-state index contributed by atoms with van der Waals surface area (Å²) >= 11 is 5.82. The normalized spacial score (nSPS) is 11.7. The minimum absolute atomic E-state index is 0.0441. The molecule has 20 heavy (non-hydrogen) atoms. The fourth-order valence-corrected chi connectivity index (χ4v) is 1.86. The van der Waals surface area contributed by atoms with Crippen LogP contribution in [-0.2, 0) is 6.18 Å². The Hall–Kier alpha value is -2.02. The Kier molecular flexibility index (Phi) is 3.47. The van der Waals surface area contributed by atoms with Gasteiger partial charge in [0.15, 0.2) is 5.69 Å². The van der Waals surface area contributed by atoms with E-state index in [1.54, 1.807) is 0 Å². The molecule has 0 aliphatic heterocycles. The van der Waals surface area contributed by atoms with Crippen LogP contribution in [0, 0.1) is 6.92 Å². The number of carboxylic acids is 1. The lowest BCUT2D eigenvalue weighted by molar-refractivity contribution is -0.137. The highest BCUT2D eigenvalue weighted by molar-refractivity contribution is 6.33. The zero-order valence-corrected chi connectivity index (χ0v) is 10.8. The van der Waals surface area contributed by atoms with E-state index in [1.165, 1.54) is 23.7 Å². The molecule has 106 valence electrons. The van der Waals surface area contributed by atoms with E-state index in [-0.39, 0.29) is 10.7 Å². The third kappa shape index (κ3) is 2.49. The number of halogens is 4. The molecule has 0 atom stereocenters. The third-order valence-electron chi connectivity index (χ3n) is 2.69. The number of rotatable bonds is 2. The van der Waals surface area contributed by atoms with E-state index in [1.807, 2.05) is 0 Å². The largest absolute Gasteiger partial charge is 0.476 e. The van der Waals surface area contributed by atoms with E-state index in [0.29, 0.717) is 11.4 Å². The first kappa shape index (κ1) is 14.4. The Balaban J connectivity index is 2.47. The van der Waals surface area contributed by atoms with Gasteiger partial charge >= 0.3 is 12.1 Å². The van der Waals surface area contributed by atoms with Crippen LogP contribution < -0.4 is 0 Å². The molecule has 0 amide bonds. The molecule has 0 fully saturated rings. The predicted octanol–water partition coefficient (Wildman–Crippen LogP) is 3.55. The van der Waals surface area contributed by atoms with Gasteiger partial charge < -0.3 is 5.11 Å². The summed E-state index contributed by atoms with van der Waals surface area (Å²) in [7, 11) is 0. The van der Waals surface area contributed by atoms with Crippen LogP contribution in [-0.4, -0.2) is 20.9 Å². The van der Waals surface area contributed by atoms with Crippen molar-refractivity contribution in [2.75, 3.05) is 0 Å². The maximum Gasteiger partial charge on any atom is 0.416 e. The Morgan fingerprint density at radius 2 is 1.85 bits per heavy atom. The van der Waals surface area contributed by atoms with Crippen LogP contribution in [0.5, 0.6) is 0 Å². The van der Waals surface area contributed by atoms with Crippen molar-refractivity contribution in [3.8, 4) is 5.69 Å². The zero-order valence-electron chi connectivity index (χ0n) is 10.1. The number of hydrogen-bond acceptors (Lipinski definition) is 2. The lowest BCUT2D eigenvalue weighted by Crippen LogP contribution is -2.06. The van der Waals surface area contributed by atoms with Gasteiger partial charge in [-0.1, -0.05) is 11.6 Å². The van der Waals surface area contributed by atoms with Crippen molar-refractivity contribution in [2.24, 2.45) is 0 Å². The van der Waals surface area contributed by atoms with E-state index in [0.717, 1.165) is 12.1 Å². The van der Waals surface area contributed by atoms with Crippen molar-refractivity contribution in [1.29, 1.82) is 0 Å². The molecular weight excluding hydrogens is 297 g/mol. The molecule has 2 aromatic rings. The molecule has 0 bridgehead atoms. The molecule has 8 heteroatoms. The second-order valence-corrected chi connectivity index (χ2v) is 4.39. The molecule has 0 saturated heterocycles. The first-order chi connectivity index (χ1) is 9.21. The first-order valence-electron chi connectivity index (χ1n) is 5.38. The van der Waals surface area contributed by atoms with Gasteiger partial charge in [-0.3, -0.25) is 0 Å². The lowest BCUT2D eigenvalue weighted by Gasteiger charge is -2.08.